The highest BCUT2D eigenvalue weighted by atomic mass is 32.2. The van der Waals surface area contributed by atoms with Crippen molar-refractivity contribution in [3.8, 4) is 17.6 Å². The molecule has 0 unspecified atom stereocenters. The van der Waals surface area contributed by atoms with E-state index in [-0.39, 0.29) is 47.8 Å². The van der Waals surface area contributed by atoms with Crippen LogP contribution in [0, 0.1) is 24.2 Å². The molecule has 3 heterocycles. The molecule has 0 spiro atoms. The lowest BCUT2D eigenvalue weighted by Crippen LogP contribution is -2.48. The summed E-state index contributed by atoms with van der Waals surface area (Å²) in [5, 5.41) is 7.10. The van der Waals surface area contributed by atoms with Gasteiger partial charge >= 0.3 is 12.9 Å². The molecule has 1 aromatic heterocycles. The van der Waals surface area contributed by atoms with Gasteiger partial charge in [0.25, 0.3) is 0 Å². The molecule has 1 saturated carbocycles. The van der Waals surface area contributed by atoms with Crippen molar-refractivity contribution in [2.24, 2.45) is 0 Å². The standard InChI is InChI=1S/C35H39F4N5O4S2/c1-40-23-48-32-21-31(44-12-16-47-17-13-44)28(36)20-30(32)41-11-3-6-33-27(22-35(37,38)39)26-4-2-5-29(34(26)49-33)42-24-7-9-25(10-8-24)43-14-18-50(45,46)19-15-43/h2,4-5,20-21,24-25,41-42H,7-19,22-23H2. The first-order valence-electron chi connectivity index (χ1n) is 16.7. The van der Waals surface area contributed by atoms with Crippen LogP contribution in [0.2, 0.25) is 0 Å². The Morgan fingerprint density at radius 2 is 1.80 bits per heavy atom. The third-order valence-electron chi connectivity index (χ3n) is 9.40. The number of ether oxygens (including phenoxy) is 2. The van der Waals surface area contributed by atoms with E-state index in [1.54, 1.807) is 12.1 Å². The minimum absolute atomic E-state index is 0.00170. The van der Waals surface area contributed by atoms with Gasteiger partial charge in [0.15, 0.2) is 15.6 Å². The lowest BCUT2D eigenvalue weighted by Gasteiger charge is -2.39. The van der Waals surface area contributed by atoms with Crippen molar-refractivity contribution in [2.45, 2.75) is 50.4 Å². The lowest BCUT2D eigenvalue weighted by atomic mass is 9.90. The molecule has 2 aromatic carbocycles. The van der Waals surface area contributed by atoms with Gasteiger partial charge in [-0.05, 0) is 42.7 Å². The summed E-state index contributed by atoms with van der Waals surface area (Å²) in [6, 6.07) is 8.64. The molecule has 9 nitrogen and oxygen atoms in total. The van der Waals surface area contributed by atoms with Gasteiger partial charge in [-0.25, -0.2) is 19.4 Å². The smallest absolute Gasteiger partial charge is 0.393 e. The van der Waals surface area contributed by atoms with E-state index in [0.717, 1.165) is 31.4 Å². The molecule has 3 fully saturated rings. The van der Waals surface area contributed by atoms with Crippen LogP contribution in [0.15, 0.2) is 30.3 Å². The number of benzene rings is 2. The van der Waals surface area contributed by atoms with Gasteiger partial charge in [0.1, 0.15) is 5.82 Å². The Hall–Kier alpha value is -3.76. The van der Waals surface area contributed by atoms with Gasteiger partial charge in [-0.15, -0.1) is 11.3 Å². The molecule has 2 aliphatic heterocycles. The molecule has 50 heavy (non-hydrogen) atoms. The van der Waals surface area contributed by atoms with Gasteiger partial charge in [-0.1, -0.05) is 24.0 Å². The average Bonchev–Trinajstić information content (AvgIpc) is 3.43. The van der Waals surface area contributed by atoms with Gasteiger partial charge in [0.2, 0.25) is 0 Å². The maximum Gasteiger partial charge on any atom is 0.393 e. The third-order valence-corrected chi connectivity index (χ3v) is 12.2. The number of morpholine rings is 1. The summed E-state index contributed by atoms with van der Waals surface area (Å²) in [4.78, 5) is 7.67. The van der Waals surface area contributed by atoms with Gasteiger partial charge in [-0.2, -0.15) is 13.2 Å². The average molecular weight is 734 g/mol. The van der Waals surface area contributed by atoms with E-state index in [0.29, 0.717) is 66.1 Å². The van der Waals surface area contributed by atoms with E-state index < -0.39 is 28.3 Å². The quantitative estimate of drug-likeness (QED) is 0.154. The van der Waals surface area contributed by atoms with E-state index in [9.17, 15) is 21.6 Å². The number of alkyl halides is 3. The van der Waals surface area contributed by atoms with E-state index in [1.807, 2.05) is 11.0 Å². The van der Waals surface area contributed by atoms with Crippen molar-refractivity contribution < 1.29 is 35.5 Å². The van der Waals surface area contributed by atoms with Crippen LogP contribution < -0.4 is 20.3 Å². The summed E-state index contributed by atoms with van der Waals surface area (Å²) in [6.07, 6.45) is -1.96. The molecule has 0 amide bonds. The Kier molecular flexibility index (Phi) is 11.3. The highest BCUT2D eigenvalue weighted by molar-refractivity contribution is 7.91. The number of anilines is 3. The second kappa shape index (κ2) is 15.6. The van der Waals surface area contributed by atoms with E-state index in [2.05, 4.69) is 32.2 Å². The zero-order valence-electron chi connectivity index (χ0n) is 27.5. The van der Waals surface area contributed by atoms with Crippen LogP contribution in [0.1, 0.15) is 36.1 Å². The molecule has 2 N–H and O–H groups in total. The Morgan fingerprint density at radius 3 is 2.50 bits per heavy atom. The lowest BCUT2D eigenvalue weighted by molar-refractivity contribution is -0.126. The number of halogens is 4. The van der Waals surface area contributed by atoms with Crippen LogP contribution in [0.5, 0.6) is 5.75 Å². The van der Waals surface area contributed by atoms with E-state index >= 15 is 4.39 Å². The highest BCUT2D eigenvalue weighted by Crippen LogP contribution is 2.40. The normalized spacial score (nSPS) is 21.2. The maximum atomic E-state index is 15.2. The second-order valence-electron chi connectivity index (χ2n) is 12.7. The van der Waals surface area contributed by atoms with Crippen molar-refractivity contribution in [2.75, 3.05) is 79.7 Å². The summed E-state index contributed by atoms with van der Waals surface area (Å²) in [7, 11) is -2.94. The molecule has 268 valence electrons. The minimum Gasteiger partial charge on any atom is -0.424 e. The van der Waals surface area contributed by atoms with Crippen LogP contribution in [0.3, 0.4) is 0 Å². The van der Waals surface area contributed by atoms with Gasteiger partial charge < -0.3 is 25.0 Å². The highest BCUT2D eigenvalue weighted by Gasteiger charge is 2.33. The first-order valence-corrected chi connectivity index (χ1v) is 19.3. The Morgan fingerprint density at radius 1 is 1.06 bits per heavy atom. The Balaban J connectivity index is 1.17. The maximum absolute atomic E-state index is 15.2. The number of nitrogens with one attached hydrogen (secondary N) is 2. The zero-order valence-corrected chi connectivity index (χ0v) is 29.1. The fourth-order valence-corrected chi connectivity index (χ4v) is 9.27. The Bertz CT molecular complexity index is 1870. The van der Waals surface area contributed by atoms with Crippen LogP contribution in [0.4, 0.5) is 34.6 Å². The molecule has 0 bridgehead atoms. The molecule has 15 heteroatoms. The van der Waals surface area contributed by atoms with Gasteiger partial charge in [0, 0.05) is 50.4 Å². The van der Waals surface area contributed by atoms with Crippen molar-refractivity contribution in [3.63, 3.8) is 0 Å². The summed E-state index contributed by atoms with van der Waals surface area (Å²) in [6.45, 7) is 9.94. The fourth-order valence-electron chi connectivity index (χ4n) is 6.87. The van der Waals surface area contributed by atoms with Crippen molar-refractivity contribution >= 4 is 48.3 Å². The SMILES string of the molecule is [C-]#[N+]COc1cc(N2CCOCC2)c(F)cc1NCC#Cc1sc2c(NC3CCC(N4CCS(=O)(=O)CC4)CC3)cccc2c1CC(F)(F)F. The molecular formula is C35H39F4N5O4S2. The summed E-state index contributed by atoms with van der Waals surface area (Å²) >= 11 is 1.22. The van der Waals surface area contributed by atoms with Crippen LogP contribution >= 0.6 is 11.3 Å². The predicted molar refractivity (Wildman–Crippen MR) is 188 cm³/mol. The van der Waals surface area contributed by atoms with E-state index in [4.69, 9.17) is 16.0 Å². The third kappa shape index (κ3) is 8.93. The number of thiophene rings is 1. The monoisotopic (exact) mass is 733 g/mol. The molecule has 0 radical (unpaired) electrons. The molecule has 3 aromatic rings. The minimum atomic E-state index is -4.44. The van der Waals surface area contributed by atoms with E-state index in [1.165, 1.54) is 23.5 Å². The largest absolute Gasteiger partial charge is 0.424 e. The molecule has 6 rings (SSSR count). The summed E-state index contributed by atoms with van der Waals surface area (Å²) in [5.74, 6) is 6.05. The van der Waals surface area contributed by atoms with Crippen LogP contribution in [-0.2, 0) is 21.0 Å². The number of rotatable bonds is 9. The van der Waals surface area contributed by atoms with Crippen molar-refractivity contribution in [1.82, 2.24) is 4.90 Å². The fraction of sp³-hybridized carbons (Fsp3) is 0.514. The van der Waals surface area contributed by atoms with Gasteiger partial charge in [0.05, 0.1) is 64.3 Å². The number of hydrogen-bond donors (Lipinski definition) is 2. The number of hydrogen-bond acceptors (Lipinski definition) is 9. The predicted octanol–water partition coefficient (Wildman–Crippen LogP) is 6.15. The van der Waals surface area contributed by atoms with Crippen molar-refractivity contribution in [1.29, 1.82) is 0 Å². The summed E-state index contributed by atoms with van der Waals surface area (Å²) < 4.78 is 91.9. The first-order chi connectivity index (χ1) is 24.0. The topological polar surface area (TPSA) is 87.5 Å². The Labute approximate surface area is 293 Å². The molecule has 1 aliphatic carbocycles. The van der Waals surface area contributed by atoms with Gasteiger partial charge in [-0.3, -0.25) is 9.74 Å². The summed E-state index contributed by atoms with van der Waals surface area (Å²) in [5.41, 5.74) is 1.52. The molecule has 3 aliphatic rings. The second-order valence-corrected chi connectivity index (χ2v) is 16.0. The number of fused-ring (bicyclic) bond motifs is 1. The zero-order chi connectivity index (χ0) is 35.3. The molecule has 2 saturated heterocycles. The number of sulfone groups is 1. The van der Waals surface area contributed by atoms with Crippen LogP contribution in [0.25, 0.3) is 14.9 Å². The molecule has 0 atom stereocenters. The number of nitrogens with zero attached hydrogens (tertiary/aromatic N) is 3. The van der Waals surface area contributed by atoms with Crippen molar-refractivity contribution in [3.05, 3.63) is 58.0 Å². The molecular weight excluding hydrogens is 695 g/mol. The van der Waals surface area contributed by atoms with Crippen LogP contribution in [-0.4, -0.2) is 95.8 Å². The first kappa shape index (κ1) is 36.0.